The molecule has 0 aliphatic heterocycles. The number of benzene rings is 1. The van der Waals surface area contributed by atoms with E-state index in [1.807, 2.05) is 0 Å². The van der Waals surface area contributed by atoms with Crippen molar-refractivity contribution in [2.24, 2.45) is 0 Å². The van der Waals surface area contributed by atoms with Gasteiger partial charge in [-0.1, -0.05) is 0 Å². The number of phenolic OH excluding ortho intramolecular Hbond substituents is 1. The van der Waals surface area contributed by atoms with E-state index in [0.717, 1.165) is 6.08 Å². The zero-order valence-corrected chi connectivity index (χ0v) is 7.69. The first kappa shape index (κ1) is 10.1. The molecule has 4 nitrogen and oxygen atoms in total. The Bertz CT molecular complexity index is 396. The van der Waals surface area contributed by atoms with Crippen molar-refractivity contribution in [1.29, 1.82) is 0 Å². The highest BCUT2D eigenvalue weighted by atomic mass is 16.3. The molecule has 0 spiro atoms. The number of aliphatic hydroxyl groups excluding tert-OH is 1. The number of hydrogen-bond acceptors (Lipinski definition) is 4. The van der Waals surface area contributed by atoms with Gasteiger partial charge < -0.3 is 15.9 Å². The minimum Gasteiger partial charge on any atom is -0.507 e. The third-order valence-corrected chi connectivity index (χ3v) is 1.64. The fourth-order valence-corrected chi connectivity index (χ4v) is 1.03. The van der Waals surface area contributed by atoms with Crippen molar-refractivity contribution in [2.75, 3.05) is 5.73 Å². The smallest absolute Gasteiger partial charge is 0.156 e. The first-order valence-electron chi connectivity index (χ1n) is 4.01. The number of carbonyl (C=O) groups is 1. The van der Waals surface area contributed by atoms with Gasteiger partial charge in [-0.15, -0.1) is 0 Å². The number of allylic oxidation sites excluding steroid dienone is 1. The van der Waals surface area contributed by atoms with Gasteiger partial charge in [0, 0.05) is 11.8 Å². The molecule has 0 radical (unpaired) electrons. The molecule has 0 saturated heterocycles. The molecule has 0 aromatic heterocycles. The number of nitrogen functional groups attached to an aromatic ring is 1. The van der Waals surface area contributed by atoms with Crippen LogP contribution in [0, 0.1) is 0 Å². The maximum Gasteiger partial charge on any atom is 0.156 e. The van der Waals surface area contributed by atoms with Crippen LogP contribution in [0.2, 0.25) is 0 Å². The Labute approximate surface area is 81.3 Å². The summed E-state index contributed by atoms with van der Waals surface area (Å²) in [6, 6.07) is 4.25. The summed E-state index contributed by atoms with van der Waals surface area (Å²) >= 11 is 0. The highest BCUT2D eigenvalue weighted by molar-refractivity contribution is 5.94. The Hall–Kier alpha value is -1.97. The van der Waals surface area contributed by atoms with Gasteiger partial charge in [-0.25, -0.2) is 0 Å². The lowest BCUT2D eigenvalue weighted by Gasteiger charge is -2.03. The first-order valence-corrected chi connectivity index (χ1v) is 4.01. The van der Waals surface area contributed by atoms with Crippen LogP contribution in [0.3, 0.4) is 0 Å². The van der Waals surface area contributed by atoms with Gasteiger partial charge in [0.25, 0.3) is 0 Å². The molecule has 0 unspecified atom stereocenters. The second-order valence-electron chi connectivity index (χ2n) is 2.92. The molecule has 0 saturated carbocycles. The van der Waals surface area contributed by atoms with Crippen LogP contribution in [0.1, 0.15) is 12.5 Å². The lowest BCUT2D eigenvalue weighted by Crippen LogP contribution is -1.92. The Morgan fingerprint density at radius 3 is 2.71 bits per heavy atom. The van der Waals surface area contributed by atoms with Gasteiger partial charge in [-0.05, 0) is 25.1 Å². The molecule has 4 N–H and O–H groups in total. The third kappa shape index (κ3) is 2.26. The summed E-state index contributed by atoms with van der Waals surface area (Å²) in [5.41, 5.74) is 6.02. The SMILES string of the molecule is CC(=O)C=C(O)c1cc(N)ccc1O. The molecular weight excluding hydrogens is 182 g/mol. The number of ketones is 1. The largest absolute Gasteiger partial charge is 0.507 e. The number of aromatic hydroxyl groups is 1. The van der Waals surface area contributed by atoms with Crippen LogP contribution in [-0.4, -0.2) is 16.0 Å². The number of phenols is 1. The molecule has 0 aliphatic carbocycles. The lowest BCUT2D eigenvalue weighted by atomic mass is 10.1. The minimum absolute atomic E-state index is 0.116. The standard InChI is InChI=1S/C10H11NO3/c1-6(12)4-10(14)8-5-7(11)2-3-9(8)13/h2-5,13-14H,11H2,1H3. The summed E-state index contributed by atoms with van der Waals surface area (Å²) in [5.74, 6) is -0.708. The molecule has 1 aromatic carbocycles. The Balaban J connectivity index is 3.18. The second kappa shape index (κ2) is 3.83. The summed E-state index contributed by atoms with van der Waals surface area (Å²) in [4.78, 5) is 10.7. The molecule has 0 aliphatic rings. The predicted octanol–water partition coefficient (Wildman–Crippen LogP) is 1.46. The van der Waals surface area contributed by atoms with Gasteiger partial charge in [-0.2, -0.15) is 0 Å². The highest BCUT2D eigenvalue weighted by Gasteiger charge is 2.06. The van der Waals surface area contributed by atoms with Gasteiger partial charge in [0.15, 0.2) is 5.78 Å². The summed E-state index contributed by atoms with van der Waals surface area (Å²) in [7, 11) is 0. The number of anilines is 1. The molecular formula is C10H11NO3. The van der Waals surface area contributed by atoms with Crippen molar-refractivity contribution in [1.82, 2.24) is 0 Å². The quantitative estimate of drug-likeness (QED) is 0.287. The number of nitrogens with two attached hydrogens (primary N) is 1. The van der Waals surface area contributed by atoms with Crippen molar-refractivity contribution in [2.45, 2.75) is 6.92 Å². The van der Waals surface area contributed by atoms with E-state index < -0.39 is 0 Å². The first-order chi connectivity index (χ1) is 6.50. The second-order valence-corrected chi connectivity index (χ2v) is 2.92. The van der Waals surface area contributed by atoms with Gasteiger partial charge in [0.1, 0.15) is 11.5 Å². The van der Waals surface area contributed by atoms with Crippen LogP contribution in [-0.2, 0) is 4.79 Å². The van der Waals surface area contributed by atoms with E-state index in [9.17, 15) is 15.0 Å². The van der Waals surface area contributed by atoms with E-state index in [1.165, 1.54) is 25.1 Å². The lowest BCUT2D eigenvalue weighted by molar-refractivity contribution is -0.112. The molecule has 0 atom stereocenters. The van der Waals surface area contributed by atoms with Crippen LogP contribution in [0.5, 0.6) is 5.75 Å². The Morgan fingerprint density at radius 2 is 2.14 bits per heavy atom. The number of aliphatic hydroxyl groups is 1. The molecule has 1 rings (SSSR count). The van der Waals surface area contributed by atoms with E-state index in [0.29, 0.717) is 5.69 Å². The summed E-state index contributed by atoms with van der Waals surface area (Å²) < 4.78 is 0. The van der Waals surface area contributed by atoms with Crippen molar-refractivity contribution in [3.05, 3.63) is 29.8 Å². The van der Waals surface area contributed by atoms with Crippen LogP contribution in [0.15, 0.2) is 24.3 Å². The average molecular weight is 193 g/mol. The van der Waals surface area contributed by atoms with E-state index in [1.54, 1.807) is 0 Å². The molecule has 0 fully saturated rings. The topological polar surface area (TPSA) is 83.5 Å². The van der Waals surface area contributed by atoms with Crippen molar-refractivity contribution >= 4 is 17.2 Å². The Morgan fingerprint density at radius 1 is 1.50 bits per heavy atom. The molecule has 0 bridgehead atoms. The minimum atomic E-state index is -0.302. The van der Waals surface area contributed by atoms with Gasteiger partial charge in [0.05, 0.1) is 5.56 Å². The monoisotopic (exact) mass is 193 g/mol. The number of carbonyl (C=O) groups excluding carboxylic acids is 1. The normalized spacial score (nSPS) is 11.4. The molecule has 0 amide bonds. The fourth-order valence-electron chi connectivity index (χ4n) is 1.03. The van der Waals surface area contributed by atoms with Crippen LogP contribution in [0.25, 0.3) is 5.76 Å². The third-order valence-electron chi connectivity index (χ3n) is 1.64. The summed E-state index contributed by atoms with van der Waals surface area (Å²) in [6.45, 7) is 1.31. The Kier molecular flexibility index (Phi) is 2.76. The van der Waals surface area contributed by atoms with Gasteiger partial charge in [-0.3, -0.25) is 4.79 Å². The zero-order chi connectivity index (χ0) is 10.7. The molecule has 74 valence electrons. The number of rotatable bonds is 2. The van der Waals surface area contributed by atoms with Crippen LogP contribution >= 0.6 is 0 Å². The van der Waals surface area contributed by atoms with Crippen molar-refractivity contribution in [3.63, 3.8) is 0 Å². The maximum absolute atomic E-state index is 10.7. The van der Waals surface area contributed by atoms with E-state index in [4.69, 9.17) is 5.73 Å². The van der Waals surface area contributed by atoms with Gasteiger partial charge >= 0.3 is 0 Å². The van der Waals surface area contributed by atoms with Crippen LogP contribution < -0.4 is 5.73 Å². The van der Waals surface area contributed by atoms with Crippen LogP contribution in [0.4, 0.5) is 5.69 Å². The van der Waals surface area contributed by atoms with Gasteiger partial charge in [0.2, 0.25) is 0 Å². The van der Waals surface area contributed by atoms with Crippen molar-refractivity contribution in [3.8, 4) is 5.75 Å². The predicted molar refractivity (Wildman–Crippen MR) is 53.8 cm³/mol. The number of hydrogen-bond donors (Lipinski definition) is 3. The van der Waals surface area contributed by atoms with E-state index in [-0.39, 0.29) is 22.9 Å². The molecule has 0 heterocycles. The highest BCUT2D eigenvalue weighted by Crippen LogP contribution is 2.25. The fraction of sp³-hybridized carbons (Fsp3) is 0.100. The summed E-state index contributed by atoms with van der Waals surface area (Å²) in [6.07, 6.45) is 1.02. The van der Waals surface area contributed by atoms with E-state index >= 15 is 0 Å². The average Bonchev–Trinajstić information content (AvgIpc) is 2.08. The van der Waals surface area contributed by atoms with E-state index in [2.05, 4.69) is 0 Å². The molecule has 4 heteroatoms. The summed E-state index contributed by atoms with van der Waals surface area (Å²) in [5, 5.41) is 18.8. The zero-order valence-electron chi connectivity index (χ0n) is 7.69. The maximum atomic E-state index is 10.7. The van der Waals surface area contributed by atoms with Crippen molar-refractivity contribution < 1.29 is 15.0 Å². The molecule has 1 aromatic rings. The molecule has 14 heavy (non-hydrogen) atoms.